The lowest BCUT2D eigenvalue weighted by molar-refractivity contribution is -0.139. The highest BCUT2D eigenvalue weighted by atomic mass is 16.5. The van der Waals surface area contributed by atoms with Crippen LogP contribution >= 0.6 is 0 Å². The molecule has 1 aromatic carbocycles. The lowest BCUT2D eigenvalue weighted by Gasteiger charge is -2.15. The van der Waals surface area contributed by atoms with Crippen LogP contribution in [-0.2, 0) is 4.79 Å². The number of hydrogen-bond donors (Lipinski definition) is 2. The molecule has 0 bridgehead atoms. The number of carboxylic acid groups (broad SMARTS) is 1. The highest BCUT2D eigenvalue weighted by Crippen LogP contribution is 2.24. The Balaban J connectivity index is 2.97. The summed E-state index contributed by atoms with van der Waals surface area (Å²) in [4.78, 5) is 23.2. The van der Waals surface area contributed by atoms with Crippen LogP contribution in [0.5, 0.6) is 11.5 Å². The van der Waals surface area contributed by atoms with Crippen molar-refractivity contribution in [2.75, 3.05) is 14.2 Å². The van der Waals surface area contributed by atoms with Gasteiger partial charge in [0.2, 0.25) is 0 Å². The summed E-state index contributed by atoms with van der Waals surface area (Å²) in [7, 11) is 2.93. The average Bonchev–Trinajstić information content (AvgIpc) is 2.45. The van der Waals surface area contributed by atoms with Gasteiger partial charge in [-0.3, -0.25) is 4.79 Å². The lowest BCUT2D eigenvalue weighted by Crippen LogP contribution is -2.40. The molecule has 20 heavy (non-hydrogen) atoms. The van der Waals surface area contributed by atoms with Gasteiger partial charge in [-0.2, -0.15) is 0 Å². The topological polar surface area (TPSA) is 84.9 Å². The van der Waals surface area contributed by atoms with Crippen LogP contribution in [0.4, 0.5) is 0 Å². The Morgan fingerprint density at radius 3 is 2.50 bits per heavy atom. The molecule has 0 heterocycles. The summed E-state index contributed by atoms with van der Waals surface area (Å²) in [6, 6.07) is 3.86. The van der Waals surface area contributed by atoms with Crippen LogP contribution < -0.4 is 14.8 Å². The van der Waals surface area contributed by atoms with Gasteiger partial charge in [-0.15, -0.1) is 0 Å². The number of benzene rings is 1. The van der Waals surface area contributed by atoms with E-state index >= 15 is 0 Å². The minimum atomic E-state index is -1.05. The van der Waals surface area contributed by atoms with Crippen molar-refractivity contribution >= 4 is 11.9 Å². The van der Waals surface area contributed by atoms with Crippen molar-refractivity contribution in [3.63, 3.8) is 0 Å². The van der Waals surface area contributed by atoms with Crippen LogP contribution in [0.1, 0.15) is 30.1 Å². The molecule has 0 aliphatic heterocycles. The molecule has 0 unspecified atom stereocenters. The first kappa shape index (κ1) is 15.8. The van der Waals surface area contributed by atoms with E-state index in [0.717, 1.165) is 0 Å². The predicted octanol–water partition coefficient (Wildman–Crippen LogP) is 1.69. The van der Waals surface area contributed by atoms with Gasteiger partial charge in [-0.05, 0) is 24.6 Å². The summed E-state index contributed by atoms with van der Waals surface area (Å²) in [6.45, 7) is 1.86. The predicted molar refractivity (Wildman–Crippen MR) is 73.3 cm³/mol. The first-order valence-electron chi connectivity index (χ1n) is 6.29. The Hall–Kier alpha value is -2.24. The molecule has 0 saturated carbocycles. The third-order valence-corrected chi connectivity index (χ3v) is 2.83. The van der Waals surface area contributed by atoms with Gasteiger partial charge >= 0.3 is 5.97 Å². The van der Waals surface area contributed by atoms with Crippen molar-refractivity contribution in [1.29, 1.82) is 0 Å². The number of rotatable bonds is 7. The molecule has 6 heteroatoms. The van der Waals surface area contributed by atoms with Gasteiger partial charge in [-0.25, -0.2) is 4.79 Å². The van der Waals surface area contributed by atoms with Crippen molar-refractivity contribution in [2.45, 2.75) is 25.8 Å². The number of ether oxygens (including phenoxy) is 2. The third-order valence-electron chi connectivity index (χ3n) is 2.83. The van der Waals surface area contributed by atoms with Gasteiger partial charge in [0.25, 0.3) is 5.91 Å². The number of hydrogen-bond acceptors (Lipinski definition) is 4. The van der Waals surface area contributed by atoms with Crippen LogP contribution in [0.2, 0.25) is 0 Å². The Kier molecular flexibility index (Phi) is 5.83. The van der Waals surface area contributed by atoms with E-state index in [9.17, 15) is 9.59 Å². The number of methoxy groups -OCH3 is 2. The monoisotopic (exact) mass is 281 g/mol. The molecular weight excluding hydrogens is 262 g/mol. The second-order valence-corrected chi connectivity index (χ2v) is 4.22. The molecule has 0 aliphatic carbocycles. The molecule has 0 fully saturated rings. The van der Waals surface area contributed by atoms with Crippen LogP contribution in [0, 0.1) is 0 Å². The highest BCUT2D eigenvalue weighted by Gasteiger charge is 2.22. The lowest BCUT2D eigenvalue weighted by atomic mass is 10.1. The summed E-state index contributed by atoms with van der Waals surface area (Å²) in [5.41, 5.74) is 0.245. The molecule has 0 spiro atoms. The van der Waals surface area contributed by atoms with E-state index in [4.69, 9.17) is 14.6 Å². The molecule has 1 atom stereocenters. The van der Waals surface area contributed by atoms with E-state index in [1.165, 1.54) is 20.3 Å². The van der Waals surface area contributed by atoms with E-state index in [1.54, 1.807) is 12.1 Å². The Bertz CT molecular complexity index is 486. The number of carboxylic acids is 1. The minimum Gasteiger partial charge on any atom is -0.497 e. The van der Waals surface area contributed by atoms with Gasteiger partial charge in [0.1, 0.15) is 17.5 Å². The summed E-state index contributed by atoms with van der Waals surface area (Å²) in [5.74, 6) is -0.689. The highest BCUT2D eigenvalue weighted by molar-refractivity contribution is 5.99. The Morgan fingerprint density at radius 1 is 1.30 bits per heavy atom. The van der Waals surface area contributed by atoms with E-state index in [0.29, 0.717) is 24.3 Å². The fourth-order valence-corrected chi connectivity index (χ4v) is 1.77. The molecule has 110 valence electrons. The van der Waals surface area contributed by atoms with Crippen molar-refractivity contribution in [3.05, 3.63) is 23.8 Å². The normalized spacial score (nSPS) is 11.6. The van der Waals surface area contributed by atoms with E-state index in [1.807, 2.05) is 6.92 Å². The first-order valence-corrected chi connectivity index (χ1v) is 6.29. The van der Waals surface area contributed by atoms with Crippen molar-refractivity contribution in [1.82, 2.24) is 5.32 Å². The summed E-state index contributed by atoms with van der Waals surface area (Å²) in [6.07, 6.45) is 1.03. The molecule has 0 aliphatic rings. The van der Waals surface area contributed by atoms with Crippen LogP contribution in [0.3, 0.4) is 0 Å². The van der Waals surface area contributed by atoms with Crippen molar-refractivity contribution in [2.24, 2.45) is 0 Å². The second-order valence-electron chi connectivity index (χ2n) is 4.22. The molecule has 6 nitrogen and oxygen atoms in total. The van der Waals surface area contributed by atoms with Gasteiger partial charge in [0.15, 0.2) is 0 Å². The average molecular weight is 281 g/mol. The number of carbonyl (C=O) groups is 2. The molecule has 0 radical (unpaired) electrons. The third kappa shape index (κ3) is 3.88. The van der Waals surface area contributed by atoms with E-state index in [2.05, 4.69) is 5.32 Å². The molecule has 2 N–H and O–H groups in total. The molecule has 0 aromatic heterocycles. The van der Waals surface area contributed by atoms with Gasteiger partial charge in [-0.1, -0.05) is 13.3 Å². The Morgan fingerprint density at radius 2 is 2.00 bits per heavy atom. The standard InChI is InChI=1S/C14H19NO5/c1-4-5-11(14(17)18)15-13(16)10-8-9(19-2)6-7-12(10)20-3/h6-8,11H,4-5H2,1-3H3,(H,15,16)(H,17,18)/t11-/m0/s1. The number of aliphatic carboxylic acids is 1. The molecular formula is C14H19NO5. The SMILES string of the molecule is CCC[C@H](NC(=O)c1cc(OC)ccc1OC)C(=O)O. The quantitative estimate of drug-likeness (QED) is 0.794. The van der Waals surface area contributed by atoms with Gasteiger partial charge in [0.05, 0.1) is 19.8 Å². The largest absolute Gasteiger partial charge is 0.497 e. The molecule has 1 rings (SSSR count). The summed E-state index contributed by atoms with van der Waals surface area (Å²) in [5, 5.41) is 11.5. The number of amides is 1. The maximum atomic E-state index is 12.2. The van der Waals surface area contributed by atoms with Crippen LogP contribution in [0.25, 0.3) is 0 Å². The van der Waals surface area contributed by atoms with Crippen LogP contribution in [-0.4, -0.2) is 37.2 Å². The minimum absolute atomic E-state index is 0.245. The molecule has 1 amide bonds. The van der Waals surface area contributed by atoms with Crippen LogP contribution in [0.15, 0.2) is 18.2 Å². The smallest absolute Gasteiger partial charge is 0.326 e. The maximum absolute atomic E-state index is 12.2. The zero-order valence-electron chi connectivity index (χ0n) is 11.8. The molecule has 0 saturated heterocycles. The zero-order chi connectivity index (χ0) is 15.1. The fourth-order valence-electron chi connectivity index (χ4n) is 1.77. The summed E-state index contributed by atoms with van der Waals surface area (Å²) < 4.78 is 10.2. The van der Waals surface area contributed by atoms with Crippen molar-refractivity contribution < 1.29 is 24.2 Å². The van der Waals surface area contributed by atoms with Gasteiger partial charge < -0.3 is 19.9 Å². The first-order chi connectivity index (χ1) is 9.53. The Labute approximate surface area is 117 Å². The fraction of sp³-hybridized carbons (Fsp3) is 0.429. The second kappa shape index (κ2) is 7.37. The zero-order valence-corrected chi connectivity index (χ0v) is 11.8. The van der Waals surface area contributed by atoms with E-state index in [-0.39, 0.29) is 5.56 Å². The molecule has 1 aromatic rings. The number of nitrogens with one attached hydrogen (secondary N) is 1. The maximum Gasteiger partial charge on any atom is 0.326 e. The van der Waals surface area contributed by atoms with E-state index < -0.39 is 17.9 Å². The van der Waals surface area contributed by atoms with Crippen molar-refractivity contribution in [3.8, 4) is 11.5 Å². The summed E-state index contributed by atoms with van der Waals surface area (Å²) >= 11 is 0. The van der Waals surface area contributed by atoms with Gasteiger partial charge in [0, 0.05) is 0 Å². The number of carbonyl (C=O) groups excluding carboxylic acids is 1.